The van der Waals surface area contributed by atoms with E-state index < -0.39 is 0 Å². The zero-order valence-electron chi connectivity index (χ0n) is 22.3. The highest BCUT2D eigenvalue weighted by molar-refractivity contribution is 7.25. The van der Waals surface area contributed by atoms with Crippen LogP contribution in [0.25, 0.3) is 64.7 Å². The van der Waals surface area contributed by atoms with E-state index >= 15 is 0 Å². The van der Waals surface area contributed by atoms with Gasteiger partial charge in [0.15, 0.2) is 5.58 Å². The van der Waals surface area contributed by atoms with Crippen LogP contribution in [0.4, 0.5) is 17.1 Å². The molecule has 0 aliphatic heterocycles. The van der Waals surface area contributed by atoms with Crippen molar-refractivity contribution in [3.8, 4) is 11.5 Å². The molecular weight excluding hydrogens is 536 g/mol. The van der Waals surface area contributed by atoms with Crippen LogP contribution in [0.1, 0.15) is 0 Å². The largest absolute Gasteiger partial charge is 0.456 e. The summed E-state index contributed by atoms with van der Waals surface area (Å²) in [5.74, 6) is 0.648. The van der Waals surface area contributed by atoms with Crippen molar-refractivity contribution in [2.24, 2.45) is 0 Å². The third kappa shape index (κ3) is 3.64. The van der Waals surface area contributed by atoms with Crippen molar-refractivity contribution in [3.63, 3.8) is 0 Å². The van der Waals surface area contributed by atoms with Gasteiger partial charge in [-0.2, -0.15) is 0 Å². The zero-order chi connectivity index (χ0) is 27.6. The molecular formula is C37H22N2O2S. The summed E-state index contributed by atoms with van der Waals surface area (Å²) < 4.78 is 14.8. The Bertz CT molecular complexity index is 2420. The first-order valence-electron chi connectivity index (χ1n) is 13.9. The highest BCUT2D eigenvalue weighted by Crippen LogP contribution is 2.43. The fraction of sp³-hybridized carbons (Fsp3) is 0. The van der Waals surface area contributed by atoms with Gasteiger partial charge in [0.25, 0.3) is 0 Å². The van der Waals surface area contributed by atoms with Gasteiger partial charge in [0, 0.05) is 59.6 Å². The molecule has 0 fully saturated rings. The molecule has 4 nitrogen and oxygen atoms in total. The van der Waals surface area contributed by atoms with Gasteiger partial charge in [0.2, 0.25) is 5.89 Å². The van der Waals surface area contributed by atoms with Gasteiger partial charge in [-0.1, -0.05) is 60.7 Å². The van der Waals surface area contributed by atoms with E-state index in [1.54, 1.807) is 11.3 Å². The van der Waals surface area contributed by atoms with E-state index in [0.29, 0.717) is 5.89 Å². The number of fused-ring (bicyclic) bond motifs is 7. The number of aromatic nitrogens is 1. The number of thiophene rings is 1. The average Bonchev–Trinajstić information content (AvgIpc) is 3.73. The van der Waals surface area contributed by atoms with Crippen molar-refractivity contribution >= 4 is 81.6 Å². The van der Waals surface area contributed by atoms with Gasteiger partial charge in [-0.3, -0.25) is 0 Å². The third-order valence-electron chi connectivity index (χ3n) is 7.88. The van der Waals surface area contributed by atoms with E-state index in [1.807, 2.05) is 48.5 Å². The summed E-state index contributed by atoms with van der Waals surface area (Å²) in [5, 5.41) is 4.64. The highest BCUT2D eigenvalue weighted by atomic mass is 32.1. The molecule has 0 amide bonds. The summed E-state index contributed by atoms with van der Waals surface area (Å²) in [5.41, 5.74) is 7.65. The smallest absolute Gasteiger partial charge is 0.227 e. The molecule has 9 aromatic rings. The molecule has 0 radical (unpaired) electrons. The number of rotatable bonds is 4. The predicted octanol–water partition coefficient (Wildman–Crippen LogP) is 11.2. The number of nitrogens with zero attached hydrogens (tertiary/aromatic N) is 2. The van der Waals surface area contributed by atoms with E-state index in [-0.39, 0.29) is 0 Å². The lowest BCUT2D eigenvalue weighted by Crippen LogP contribution is -2.09. The number of hydrogen-bond acceptors (Lipinski definition) is 5. The van der Waals surface area contributed by atoms with Crippen LogP contribution in [-0.4, -0.2) is 4.98 Å². The zero-order valence-corrected chi connectivity index (χ0v) is 23.1. The van der Waals surface area contributed by atoms with Crippen molar-refractivity contribution in [2.75, 3.05) is 4.90 Å². The Labute approximate surface area is 244 Å². The van der Waals surface area contributed by atoms with Gasteiger partial charge >= 0.3 is 0 Å². The van der Waals surface area contributed by atoms with Gasteiger partial charge < -0.3 is 13.7 Å². The normalized spacial score (nSPS) is 11.8. The van der Waals surface area contributed by atoms with Crippen LogP contribution in [0.15, 0.2) is 142 Å². The van der Waals surface area contributed by atoms with Crippen molar-refractivity contribution < 1.29 is 8.83 Å². The van der Waals surface area contributed by atoms with Crippen LogP contribution in [0.2, 0.25) is 0 Å². The lowest BCUT2D eigenvalue weighted by atomic mass is 10.1. The van der Waals surface area contributed by atoms with Gasteiger partial charge in [-0.25, -0.2) is 4.98 Å². The first-order chi connectivity index (χ1) is 20.8. The summed E-state index contributed by atoms with van der Waals surface area (Å²) in [7, 11) is 0. The van der Waals surface area contributed by atoms with E-state index in [4.69, 9.17) is 13.8 Å². The SMILES string of the molecule is c1ccc(-c2nc3cc4sc5cc(N(c6ccccc6)c6ccc7c(c6)oc6ccccc67)ccc5c4cc3o2)cc1. The van der Waals surface area contributed by atoms with Crippen LogP contribution in [0, 0.1) is 0 Å². The second kappa shape index (κ2) is 9.06. The Hall–Kier alpha value is -5.39. The van der Waals surface area contributed by atoms with E-state index in [1.165, 1.54) is 20.2 Å². The number of furan rings is 1. The second-order valence-corrected chi connectivity index (χ2v) is 11.5. The molecule has 0 spiro atoms. The summed E-state index contributed by atoms with van der Waals surface area (Å²) in [4.78, 5) is 7.08. The molecule has 0 saturated heterocycles. The summed E-state index contributed by atoms with van der Waals surface area (Å²) in [6.45, 7) is 0. The van der Waals surface area contributed by atoms with Crippen molar-refractivity contribution in [1.82, 2.24) is 4.98 Å². The molecule has 0 saturated carbocycles. The number of para-hydroxylation sites is 2. The molecule has 6 aromatic carbocycles. The monoisotopic (exact) mass is 558 g/mol. The quantitative estimate of drug-likeness (QED) is 0.215. The number of hydrogen-bond donors (Lipinski definition) is 0. The average molecular weight is 559 g/mol. The molecule has 0 aliphatic rings. The highest BCUT2D eigenvalue weighted by Gasteiger charge is 2.18. The van der Waals surface area contributed by atoms with Gasteiger partial charge in [0.05, 0.1) is 0 Å². The lowest BCUT2D eigenvalue weighted by molar-refractivity contribution is 0.620. The van der Waals surface area contributed by atoms with Gasteiger partial charge in [-0.05, 0) is 66.7 Å². The van der Waals surface area contributed by atoms with Crippen molar-refractivity contribution in [2.45, 2.75) is 0 Å². The summed E-state index contributed by atoms with van der Waals surface area (Å²) in [6, 6.07) is 46.2. The maximum absolute atomic E-state index is 6.25. The summed E-state index contributed by atoms with van der Waals surface area (Å²) in [6.07, 6.45) is 0. The lowest BCUT2D eigenvalue weighted by Gasteiger charge is -2.25. The molecule has 5 heteroatoms. The molecule has 0 aliphatic carbocycles. The molecule has 42 heavy (non-hydrogen) atoms. The molecule has 3 aromatic heterocycles. The van der Waals surface area contributed by atoms with Crippen LogP contribution in [-0.2, 0) is 0 Å². The van der Waals surface area contributed by atoms with Gasteiger partial charge in [-0.15, -0.1) is 11.3 Å². The minimum Gasteiger partial charge on any atom is -0.456 e. The Morgan fingerprint density at radius 3 is 2.02 bits per heavy atom. The topological polar surface area (TPSA) is 42.4 Å². The summed E-state index contributed by atoms with van der Waals surface area (Å²) >= 11 is 1.78. The molecule has 0 unspecified atom stereocenters. The van der Waals surface area contributed by atoms with E-state index in [9.17, 15) is 0 Å². The predicted molar refractivity (Wildman–Crippen MR) is 174 cm³/mol. The standard InChI is InChI=1S/C37H22N2O2S/c1-3-9-23(10-4-1)37-38-31-22-36-30(21-34(31)41-37)29-18-16-26(20-35(29)42-36)39(24-11-5-2-6-12-24)25-15-17-28-27-13-7-8-14-32(27)40-33(28)19-25/h1-22H. The van der Waals surface area contributed by atoms with Crippen molar-refractivity contribution in [1.29, 1.82) is 0 Å². The molecule has 9 rings (SSSR count). The molecule has 3 heterocycles. The van der Waals surface area contributed by atoms with Crippen molar-refractivity contribution in [3.05, 3.63) is 133 Å². The molecule has 0 bridgehead atoms. The fourth-order valence-electron chi connectivity index (χ4n) is 5.91. The molecule has 0 N–H and O–H groups in total. The van der Waals surface area contributed by atoms with Crippen LogP contribution < -0.4 is 4.90 Å². The second-order valence-electron chi connectivity index (χ2n) is 10.4. The number of anilines is 3. The molecule has 198 valence electrons. The van der Waals surface area contributed by atoms with E-state index in [0.717, 1.165) is 55.7 Å². The third-order valence-corrected chi connectivity index (χ3v) is 8.99. The minimum absolute atomic E-state index is 0.648. The maximum atomic E-state index is 6.25. The maximum Gasteiger partial charge on any atom is 0.227 e. The number of benzene rings is 6. The molecule has 0 atom stereocenters. The Balaban J connectivity index is 1.19. The van der Waals surface area contributed by atoms with Crippen LogP contribution >= 0.6 is 11.3 Å². The first-order valence-corrected chi connectivity index (χ1v) is 14.7. The fourth-order valence-corrected chi connectivity index (χ4v) is 7.06. The Morgan fingerprint density at radius 1 is 0.476 bits per heavy atom. The minimum atomic E-state index is 0.648. The van der Waals surface area contributed by atoms with Gasteiger partial charge in [0.1, 0.15) is 16.7 Å². The number of oxazole rings is 1. The van der Waals surface area contributed by atoms with E-state index in [2.05, 4.69) is 89.8 Å². The van der Waals surface area contributed by atoms with Crippen LogP contribution in [0.5, 0.6) is 0 Å². The van der Waals surface area contributed by atoms with Crippen LogP contribution in [0.3, 0.4) is 0 Å². The Kier molecular flexibility index (Phi) is 5.03. The Morgan fingerprint density at radius 2 is 1.17 bits per heavy atom. The first kappa shape index (κ1) is 23.3.